The summed E-state index contributed by atoms with van der Waals surface area (Å²) in [6.07, 6.45) is 0. The summed E-state index contributed by atoms with van der Waals surface area (Å²) in [4.78, 5) is 0. The SMILES string of the molecule is CC1=NN=C(C)C1[C@H](N)c1ccccc1. The van der Waals surface area contributed by atoms with Crippen molar-refractivity contribution >= 4 is 11.4 Å². The summed E-state index contributed by atoms with van der Waals surface area (Å²) in [5, 5.41) is 8.14. The van der Waals surface area contributed by atoms with Crippen LogP contribution < -0.4 is 5.73 Å². The predicted octanol–water partition coefficient (Wildman–Crippen LogP) is 2.15. The van der Waals surface area contributed by atoms with E-state index in [0.29, 0.717) is 0 Å². The highest BCUT2D eigenvalue weighted by Crippen LogP contribution is 2.25. The van der Waals surface area contributed by atoms with E-state index >= 15 is 0 Å². The van der Waals surface area contributed by atoms with Crippen LogP contribution in [0.2, 0.25) is 0 Å². The Labute approximate surface area is 89.7 Å². The number of nitrogens with two attached hydrogens (primary N) is 1. The Morgan fingerprint density at radius 1 is 1.07 bits per heavy atom. The zero-order chi connectivity index (χ0) is 10.8. The van der Waals surface area contributed by atoms with Crippen LogP contribution in [0.4, 0.5) is 0 Å². The molecule has 0 fully saturated rings. The molecular weight excluding hydrogens is 186 g/mol. The molecule has 1 aromatic rings. The third kappa shape index (κ3) is 1.83. The van der Waals surface area contributed by atoms with Crippen LogP contribution in [0.3, 0.4) is 0 Å². The Hall–Kier alpha value is -1.48. The van der Waals surface area contributed by atoms with Crippen LogP contribution in [0.15, 0.2) is 40.5 Å². The van der Waals surface area contributed by atoms with Gasteiger partial charge in [-0.25, -0.2) is 0 Å². The lowest BCUT2D eigenvalue weighted by Gasteiger charge is -2.19. The van der Waals surface area contributed by atoms with Crippen LogP contribution in [-0.2, 0) is 0 Å². The molecule has 1 aliphatic heterocycles. The number of hydrogen-bond acceptors (Lipinski definition) is 3. The largest absolute Gasteiger partial charge is 0.323 e. The molecule has 1 aromatic carbocycles. The first kappa shape index (κ1) is 10.1. The molecule has 0 unspecified atom stereocenters. The highest BCUT2D eigenvalue weighted by atomic mass is 15.2. The van der Waals surface area contributed by atoms with Crippen molar-refractivity contribution in [2.45, 2.75) is 19.9 Å². The fourth-order valence-corrected chi connectivity index (χ4v) is 1.97. The molecule has 2 rings (SSSR count). The first-order valence-corrected chi connectivity index (χ1v) is 5.09. The van der Waals surface area contributed by atoms with E-state index in [9.17, 15) is 0 Å². The van der Waals surface area contributed by atoms with Crippen LogP contribution >= 0.6 is 0 Å². The average Bonchev–Trinajstić information content (AvgIpc) is 2.59. The van der Waals surface area contributed by atoms with E-state index in [1.165, 1.54) is 0 Å². The molecule has 0 aromatic heterocycles. The first-order valence-electron chi connectivity index (χ1n) is 5.09. The van der Waals surface area contributed by atoms with Gasteiger partial charge in [-0.1, -0.05) is 30.3 Å². The molecule has 3 nitrogen and oxygen atoms in total. The molecule has 0 radical (unpaired) electrons. The minimum Gasteiger partial charge on any atom is -0.323 e. The summed E-state index contributed by atoms with van der Waals surface area (Å²) in [7, 11) is 0. The summed E-state index contributed by atoms with van der Waals surface area (Å²) in [5.74, 6) is 0.160. The van der Waals surface area contributed by atoms with Crippen molar-refractivity contribution in [3.05, 3.63) is 35.9 Å². The molecule has 0 aliphatic carbocycles. The molecule has 1 heterocycles. The third-order valence-corrected chi connectivity index (χ3v) is 2.81. The second kappa shape index (κ2) is 3.95. The van der Waals surface area contributed by atoms with E-state index in [2.05, 4.69) is 10.2 Å². The van der Waals surface area contributed by atoms with Gasteiger partial charge in [0.25, 0.3) is 0 Å². The van der Waals surface area contributed by atoms with Gasteiger partial charge in [0.2, 0.25) is 0 Å². The highest BCUT2D eigenvalue weighted by molar-refractivity contribution is 6.09. The molecule has 78 valence electrons. The van der Waals surface area contributed by atoms with Crippen molar-refractivity contribution in [1.82, 2.24) is 0 Å². The molecular formula is C12H15N3. The second-order valence-corrected chi connectivity index (χ2v) is 3.90. The van der Waals surface area contributed by atoms with E-state index in [4.69, 9.17) is 5.73 Å². The summed E-state index contributed by atoms with van der Waals surface area (Å²) in [6.45, 7) is 3.96. The topological polar surface area (TPSA) is 50.7 Å². The molecule has 3 heteroatoms. The van der Waals surface area contributed by atoms with Gasteiger partial charge in [-0.15, -0.1) is 0 Å². The summed E-state index contributed by atoms with van der Waals surface area (Å²) in [6, 6.07) is 10.0. The number of rotatable bonds is 2. The third-order valence-electron chi connectivity index (χ3n) is 2.81. The quantitative estimate of drug-likeness (QED) is 0.783. The Morgan fingerprint density at radius 2 is 1.60 bits per heavy atom. The van der Waals surface area contributed by atoms with Gasteiger partial charge in [-0.3, -0.25) is 0 Å². The Balaban J connectivity index is 2.26. The fourth-order valence-electron chi connectivity index (χ4n) is 1.97. The van der Waals surface area contributed by atoms with E-state index in [-0.39, 0.29) is 12.0 Å². The van der Waals surface area contributed by atoms with E-state index in [1.807, 2.05) is 44.2 Å². The van der Waals surface area contributed by atoms with Gasteiger partial charge in [0.1, 0.15) is 0 Å². The summed E-state index contributed by atoms with van der Waals surface area (Å²) < 4.78 is 0. The predicted molar refractivity (Wildman–Crippen MR) is 63.1 cm³/mol. The maximum atomic E-state index is 6.22. The van der Waals surface area contributed by atoms with Crippen molar-refractivity contribution in [3.63, 3.8) is 0 Å². The average molecular weight is 201 g/mol. The van der Waals surface area contributed by atoms with E-state index in [0.717, 1.165) is 17.0 Å². The minimum atomic E-state index is -0.0406. The second-order valence-electron chi connectivity index (χ2n) is 3.90. The number of nitrogens with zero attached hydrogens (tertiary/aromatic N) is 2. The van der Waals surface area contributed by atoms with Gasteiger partial charge in [0.15, 0.2) is 0 Å². The standard InChI is InChI=1S/C12H15N3/c1-8-11(9(2)15-14-8)12(13)10-6-4-3-5-7-10/h3-7,11-12H,13H2,1-2H3/t12-/m1/s1. The monoisotopic (exact) mass is 201 g/mol. The van der Waals surface area contributed by atoms with Gasteiger partial charge in [0.05, 0.1) is 5.92 Å². The van der Waals surface area contributed by atoms with E-state index in [1.54, 1.807) is 0 Å². The van der Waals surface area contributed by atoms with Crippen LogP contribution in [0.5, 0.6) is 0 Å². The maximum Gasteiger partial charge on any atom is 0.0581 e. The van der Waals surface area contributed by atoms with Crippen LogP contribution in [-0.4, -0.2) is 11.4 Å². The molecule has 0 spiro atoms. The maximum absolute atomic E-state index is 6.22. The van der Waals surface area contributed by atoms with Crippen molar-refractivity contribution in [2.24, 2.45) is 21.9 Å². The van der Waals surface area contributed by atoms with Crippen molar-refractivity contribution in [1.29, 1.82) is 0 Å². The van der Waals surface area contributed by atoms with Crippen LogP contribution in [0.25, 0.3) is 0 Å². The van der Waals surface area contributed by atoms with Gasteiger partial charge >= 0.3 is 0 Å². The fraction of sp³-hybridized carbons (Fsp3) is 0.333. The molecule has 1 atom stereocenters. The van der Waals surface area contributed by atoms with Gasteiger partial charge in [-0.05, 0) is 19.4 Å². The highest BCUT2D eigenvalue weighted by Gasteiger charge is 2.28. The van der Waals surface area contributed by atoms with Crippen molar-refractivity contribution in [3.8, 4) is 0 Å². The lowest BCUT2D eigenvalue weighted by atomic mass is 9.87. The number of benzene rings is 1. The smallest absolute Gasteiger partial charge is 0.0581 e. The Bertz CT molecular complexity index is 388. The first-order chi connectivity index (χ1) is 7.20. The van der Waals surface area contributed by atoms with E-state index < -0.39 is 0 Å². The van der Waals surface area contributed by atoms with Crippen molar-refractivity contribution < 1.29 is 0 Å². The zero-order valence-electron chi connectivity index (χ0n) is 9.01. The molecule has 0 saturated carbocycles. The molecule has 0 bridgehead atoms. The summed E-state index contributed by atoms with van der Waals surface area (Å²) in [5.41, 5.74) is 9.36. The summed E-state index contributed by atoms with van der Waals surface area (Å²) >= 11 is 0. The molecule has 0 amide bonds. The lowest BCUT2D eigenvalue weighted by molar-refractivity contribution is 0.678. The van der Waals surface area contributed by atoms with Gasteiger partial charge in [0, 0.05) is 17.5 Å². The number of hydrogen-bond donors (Lipinski definition) is 1. The molecule has 1 aliphatic rings. The zero-order valence-corrected chi connectivity index (χ0v) is 9.01. The van der Waals surface area contributed by atoms with Crippen molar-refractivity contribution in [2.75, 3.05) is 0 Å². The molecule has 0 saturated heterocycles. The molecule has 15 heavy (non-hydrogen) atoms. The Kier molecular flexibility index (Phi) is 2.64. The van der Waals surface area contributed by atoms with Crippen LogP contribution in [0.1, 0.15) is 25.5 Å². The Morgan fingerprint density at radius 3 is 2.13 bits per heavy atom. The normalized spacial score (nSPS) is 18.6. The van der Waals surface area contributed by atoms with Crippen LogP contribution in [0, 0.1) is 5.92 Å². The van der Waals surface area contributed by atoms with Gasteiger partial charge in [-0.2, -0.15) is 10.2 Å². The minimum absolute atomic E-state index is 0.0406. The lowest BCUT2D eigenvalue weighted by Crippen LogP contribution is -2.29. The molecule has 2 N–H and O–H groups in total. The van der Waals surface area contributed by atoms with Gasteiger partial charge < -0.3 is 5.73 Å².